The number of unbranched alkanes of at least 4 members (excludes halogenated alkanes) is 1. The summed E-state index contributed by atoms with van der Waals surface area (Å²) in [5.41, 5.74) is 1.32. The van der Waals surface area contributed by atoms with Gasteiger partial charge < -0.3 is 14.8 Å². The first-order chi connectivity index (χ1) is 9.71. The number of carbonyl (C=O) groups excluding carboxylic acids is 1. The normalized spacial score (nSPS) is 11.9. The second-order valence-electron chi connectivity index (χ2n) is 4.69. The zero-order chi connectivity index (χ0) is 14.8. The highest BCUT2D eigenvalue weighted by Gasteiger charge is 2.18. The minimum absolute atomic E-state index is 0.273. The lowest BCUT2D eigenvalue weighted by atomic mass is 10.1. The lowest BCUT2D eigenvalue weighted by Gasteiger charge is -2.16. The molecule has 1 unspecified atom stereocenters. The molecule has 0 aromatic heterocycles. The maximum absolute atomic E-state index is 11.5. The minimum atomic E-state index is -0.426. The SMILES string of the molecule is CCCCc1ccc(OCC(NCC)C(=O)OC)cc1. The molecule has 4 heteroatoms. The predicted octanol–water partition coefficient (Wildman–Crippen LogP) is 2.56. The van der Waals surface area contributed by atoms with E-state index >= 15 is 0 Å². The number of benzene rings is 1. The molecule has 1 rings (SSSR count). The third-order valence-corrected chi connectivity index (χ3v) is 3.10. The van der Waals surface area contributed by atoms with E-state index in [1.165, 1.54) is 25.5 Å². The standard InChI is InChI=1S/C16H25NO3/c1-4-6-7-13-8-10-14(11-9-13)20-12-15(17-5-2)16(18)19-3/h8-11,15,17H,4-7,12H2,1-3H3. The van der Waals surface area contributed by atoms with E-state index in [1.807, 2.05) is 19.1 Å². The molecule has 0 aliphatic carbocycles. The number of aryl methyl sites for hydroxylation is 1. The molecule has 112 valence electrons. The van der Waals surface area contributed by atoms with Crippen LogP contribution in [0.1, 0.15) is 32.3 Å². The summed E-state index contributed by atoms with van der Waals surface area (Å²) in [5, 5.41) is 3.04. The van der Waals surface area contributed by atoms with E-state index in [-0.39, 0.29) is 12.6 Å². The Morgan fingerprint density at radius 2 is 1.95 bits per heavy atom. The molecule has 20 heavy (non-hydrogen) atoms. The van der Waals surface area contributed by atoms with Gasteiger partial charge in [-0.25, -0.2) is 0 Å². The van der Waals surface area contributed by atoms with Crippen LogP contribution >= 0.6 is 0 Å². The lowest BCUT2D eigenvalue weighted by Crippen LogP contribution is -2.42. The van der Waals surface area contributed by atoms with Crippen molar-refractivity contribution in [3.8, 4) is 5.75 Å². The summed E-state index contributed by atoms with van der Waals surface area (Å²) in [6, 6.07) is 7.62. The Morgan fingerprint density at radius 1 is 1.25 bits per heavy atom. The molecule has 0 radical (unpaired) electrons. The molecule has 0 bridgehead atoms. The monoisotopic (exact) mass is 279 g/mol. The van der Waals surface area contributed by atoms with Crippen LogP contribution in [-0.4, -0.2) is 32.3 Å². The van der Waals surface area contributed by atoms with Gasteiger partial charge in [0.1, 0.15) is 18.4 Å². The highest BCUT2D eigenvalue weighted by atomic mass is 16.5. The van der Waals surface area contributed by atoms with Gasteiger partial charge in [0.2, 0.25) is 0 Å². The number of likely N-dealkylation sites (N-methyl/N-ethyl adjacent to an activating group) is 1. The van der Waals surface area contributed by atoms with Crippen molar-refractivity contribution in [1.82, 2.24) is 5.32 Å². The Hall–Kier alpha value is -1.55. The van der Waals surface area contributed by atoms with Crippen LogP contribution in [0, 0.1) is 0 Å². The molecule has 0 fully saturated rings. The van der Waals surface area contributed by atoms with Crippen LogP contribution in [0.2, 0.25) is 0 Å². The smallest absolute Gasteiger partial charge is 0.326 e. The van der Waals surface area contributed by atoms with Gasteiger partial charge in [-0.2, -0.15) is 0 Å². The van der Waals surface area contributed by atoms with Crippen molar-refractivity contribution < 1.29 is 14.3 Å². The third-order valence-electron chi connectivity index (χ3n) is 3.10. The molecule has 0 saturated heterocycles. The quantitative estimate of drug-likeness (QED) is 0.706. The van der Waals surface area contributed by atoms with Crippen molar-refractivity contribution in [3.05, 3.63) is 29.8 Å². The molecule has 0 aliphatic rings. The summed E-state index contributed by atoms with van der Waals surface area (Å²) in [5.74, 6) is 0.475. The van der Waals surface area contributed by atoms with E-state index in [9.17, 15) is 4.79 Å². The maximum atomic E-state index is 11.5. The topological polar surface area (TPSA) is 47.6 Å². The Bertz CT molecular complexity index is 389. The number of nitrogens with one attached hydrogen (secondary N) is 1. The predicted molar refractivity (Wildman–Crippen MR) is 80.0 cm³/mol. The van der Waals surface area contributed by atoms with Crippen LogP contribution in [0.5, 0.6) is 5.75 Å². The Kier molecular flexibility index (Phi) is 7.73. The van der Waals surface area contributed by atoms with Crippen LogP contribution in [0.15, 0.2) is 24.3 Å². The summed E-state index contributed by atoms with van der Waals surface area (Å²) in [4.78, 5) is 11.5. The average Bonchev–Trinajstić information content (AvgIpc) is 2.49. The fraction of sp³-hybridized carbons (Fsp3) is 0.562. The summed E-state index contributed by atoms with van der Waals surface area (Å²) in [6.45, 7) is 5.09. The maximum Gasteiger partial charge on any atom is 0.326 e. The van der Waals surface area contributed by atoms with Crippen LogP contribution in [-0.2, 0) is 16.0 Å². The van der Waals surface area contributed by atoms with Crippen molar-refractivity contribution >= 4 is 5.97 Å². The molecule has 0 heterocycles. The zero-order valence-electron chi connectivity index (χ0n) is 12.6. The molecule has 1 aromatic carbocycles. The van der Waals surface area contributed by atoms with Gasteiger partial charge in [0.15, 0.2) is 0 Å². The number of ether oxygens (including phenoxy) is 2. The lowest BCUT2D eigenvalue weighted by molar-refractivity contribution is -0.143. The molecule has 1 atom stereocenters. The van der Waals surface area contributed by atoms with E-state index in [0.29, 0.717) is 6.54 Å². The molecule has 0 aliphatic heterocycles. The molecule has 4 nitrogen and oxygen atoms in total. The molecular formula is C16H25NO3. The molecule has 1 N–H and O–H groups in total. The number of methoxy groups -OCH3 is 1. The van der Waals surface area contributed by atoms with Gasteiger partial charge in [0.25, 0.3) is 0 Å². The van der Waals surface area contributed by atoms with E-state index in [2.05, 4.69) is 24.4 Å². The number of hydrogen-bond donors (Lipinski definition) is 1. The first-order valence-corrected chi connectivity index (χ1v) is 7.24. The number of hydrogen-bond acceptors (Lipinski definition) is 4. The Balaban J connectivity index is 2.48. The van der Waals surface area contributed by atoms with Crippen molar-refractivity contribution in [1.29, 1.82) is 0 Å². The van der Waals surface area contributed by atoms with Gasteiger partial charge in [-0.3, -0.25) is 4.79 Å². The van der Waals surface area contributed by atoms with Crippen molar-refractivity contribution in [2.45, 2.75) is 39.2 Å². The fourth-order valence-electron chi connectivity index (χ4n) is 1.91. The minimum Gasteiger partial charge on any atom is -0.491 e. The second-order valence-corrected chi connectivity index (χ2v) is 4.69. The van der Waals surface area contributed by atoms with E-state index in [0.717, 1.165) is 12.2 Å². The first-order valence-electron chi connectivity index (χ1n) is 7.24. The van der Waals surface area contributed by atoms with Crippen molar-refractivity contribution in [2.75, 3.05) is 20.3 Å². The van der Waals surface area contributed by atoms with Crippen molar-refractivity contribution in [2.24, 2.45) is 0 Å². The van der Waals surface area contributed by atoms with E-state index in [4.69, 9.17) is 9.47 Å². The molecule has 0 saturated carbocycles. The van der Waals surface area contributed by atoms with Gasteiger partial charge in [0.05, 0.1) is 7.11 Å². The zero-order valence-corrected chi connectivity index (χ0v) is 12.6. The van der Waals surface area contributed by atoms with E-state index < -0.39 is 6.04 Å². The van der Waals surface area contributed by atoms with Crippen molar-refractivity contribution in [3.63, 3.8) is 0 Å². The van der Waals surface area contributed by atoms with Crippen LogP contribution in [0.25, 0.3) is 0 Å². The van der Waals surface area contributed by atoms with Gasteiger partial charge in [-0.15, -0.1) is 0 Å². The number of carbonyl (C=O) groups is 1. The highest BCUT2D eigenvalue weighted by Crippen LogP contribution is 2.14. The summed E-state index contributed by atoms with van der Waals surface area (Å²) in [6.07, 6.45) is 3.49. The fourth-order valence-corrected chi connectivity index (χ4v) is 1.91. The first kappa shape index (κ1) is 16.5. The summed E-state index contributed by atoms with van der Waals surface area (Å²) in [7, 11) is 1.38. The molecule has 0 amide bonds. The van der Waals surface area contributed by atoms with E-state index in [1.54, 1.807) is 0 Å². The molecule has 1 aromatic rings. The average molecular weight is 279 g/mol. The third kappa shape index (κ3) is 5.61. The van der Waals surface area contributed by atoms with Crippen LogP contribution in [0.3, 0.4) is 0 Å². The van der Waals surface area contributed by atoms with Gasteiger partial charge >= 0.3 is 5.97 Å². The molecular weight excluding hydrogens is 254 g/mol. The number of esters is 1. The Morgan fingerprint density at radius 3 is 2.50 bits per heavy atom. The van der Waals surface area contributed by atoms with Gasteiger partial charge in [-0.1, -0.05) is 32.4 Å². The summed E-state index contributed by atoms with van der Waals surface area (Å²) >= 11 is 0. The number of rotatable bonds is 9. The Labute approximate surface area is 121 Å². The van der Waals surface area contributed by atoms with Gasteiger partial charge in [0, 0.05) is 0 Å². The van der Waals surface area contributed by atoms with Gasteiger partial charge in [-0.05, 0) is 37.1 Å². The second kappa shape index (κ2) is 9.37. The summed E-state index contributed by atoms with van der Waals surface area (Å²) < 4.78 is 10.4. The largest absolute Gasteiger partial charge is 0.491 e. The van der Waals surface area contributed by atoms with Crippen LogP contribution < -0.4 is 10.1 Å². The highest BCUT2D eigenvalue weighted by molar-refractivity contribution is 5.75. The van der Waals surface area contributed by atoms with Crippen LogP contribution in [0.4, 0.5) is 0 Å². The molecule has 0 spiro atoms.